The molecule has 4 nitrogen and oxygen atoms in total. The molecule has 1 fully saturated rings. The van der Waals surface area contributed by atoms with Gasteiger partial charge in [-0.1, -0.05) is 12.8 Å². The fraction of sp³-hybridized carbons (Fsp3) is 0.467. The van der Waals surface area contributed by atoms with Gasteiger partial charge < -0.3 is 9.47 Å². The quantitative estimate of drug-likeness (QED) is 0.604. The van der Waals surface area contributed by atoms with Crippen LogP contribution in [-0.2, 0) is 9.53 Å². The van der Waals surface area contributed by atoms with Crippen molar-refractivity contribution in [3.05, 3.63) is 29.8 Å². The molecular weight excluding hydrogens is 244 g/mol. The van der Waals surface area contributed by atoms with Gasteiger partial charge in [-0.15, -0.1) is 0 Å². The summed E-state index contributed by atoms with van der Waals surface area (Å²) in [7, 11) is 1.57. The van der Waals surface area contributed by atoms with E-state index in [1.54, 1.807) is 31.4 Å². The van der Waals surface area contributed by atoms with E-state index in [1.165, 1.54) is 0 Å². The lowest BCUT2D eigenvalue weighted by atomic mass is 10.1. The largest absolute Gasteiger partial charge is 0.497 e. The van der Waals surface area contributed by atoms with E-state index >= 15 is 0 Å². The normalized spacial score (nSPS) is 15.2. The van der Waals surface area contributed by atoms with Crippen LogP contribution in [0.25, 0.3) is 0 Å². The predicted octanol–water partition coefficient (Wildman–Crippen LogP) is 2.61. The van der Waals surface area contributed by atoms with Gasteiger partial charge in [0.15, 0.2) is 12.4 Å². The molecule has 0 heterocycles. The minimum Gasteiger partial charge on any atom is -0.497 e. The molecule has 1 aliphatic carbocycles. The molecule has 0 atom stereocenters. The molecule has 1 aliphatic rings. The van der Waals surface area contributed by atoms with Crippen molar-refractivity contribution in [2.75, 3.05) is 13.7 Å². The van der Waals surface area contributed by atoms with Crippen molar-refractivity contribution < 1.29 is 19.1 Å². The Morgan fingerprint density at radius 1 is 1.16 bits per heavy atom. The lowest BCUT2D eigenvalue weighted by molar-refractivity contribution is -0.147. The van der Waals surface area contributed by atoms with E-state index in [0.717, 1.165) is 25.7 Å². The van der Waals surface area contributed by atoms with Crippen LogP contribution in [0, 0.1) is 5.92 Å². The number of Topliss-reactive ketones (excluding diaryl/α,β-unsaturated/α-hetero) is 1. The molecule has 0 aromatic heterocycles. The maximum Gasteiger partial charge on any atom is 0.309 e. The van der Waals surface area contributed by atoms with Crippen molar-refractivity contribution in [1.29, 1.82) is 0 Å². The van der Waals surface area contributed by atoms with Crippen LogP contribution in [0.5, 0.6) is 5.75 Å². The first-order valence-corrected chi connectivity index (χ1v) is 6.54. The molecule has 1 aromatic carbocycles. The number of ether oxygens (including phenoxy) is 2. The van der Waals surface area contributed by atoms with Crippen LogP contribution in [-0.4, -0.2) is 25.5 Å². The first kappa shape index (κ1) is 13.6. The van der Waals surface area contributed by atoms with Gasteiger partial charge in [0.2, 0.25) is 0 Å². The minimum absolute atomic E-state index is 0.0105. The maximum absolute atomic E-state index is 11.8. The summed E-state index contributed by atoms with van der Waals surface area (Å²) in [6.07, 6.45) is 3.92. The van der Waals surface area contributed by atoms with Crippen molar-refractivity contribution in [2.45, 2.75) is 25.7 Å². The zero-order valence-electron chi connectivity index (χ0n) is 11.1. The first-order chi connectivity index (χ1) is 9.20. The molecule has 0 amide bonds. The van der Waals surface area contributed by atoms with Crippen molar-refractivity contribution in [3.8, 4) is 5.75 Å². The Bertz CT molecular complexity index is 444. The highest BCUT2D eigenvalue weighted by atomic mass is 16.5. The van der Waals surface area contributed by atoms with Gasteiger partial charge in [-0.05, 0) is 37.1 Å². The molecule has 4 heteroatoms. The van der Waals surface area contributed by atoms with Crippen LogP contribution in [0.15, 0.2) is 24.3 Å². The Morgan fingerprint density at radius 2 is 1.79 bits per heavy atom. The number of ketones is 1. The molecule has 0 radical (unpaired) electrons. The van der Waals surface area contributed by atoms with Gasteiger partial charge >= 0.3 is 5.97 Å². The third kappa shape index (κ3) is 3.56. The van der Waals surface area contributed by atoms with Gasteiger partial charge in [0, 0.05) is 5.56 Å². The number of hydrogen-bond donors (Lipinski definition) is 0. The van der Waals surface area contributed by atoms with Crippen LogP contribution in [0.1, 0.15) is 36.0 Å². The van der Waals surface area contributed by atoms with E-state index in [9.17, 15) is 9.59 Å². The van der Waals surface area contributed by atoms with Gasteiger partial charge in [-0.25, -0.2) is 0 Å². The summed E-state index contributed by atoms with van der Waals surface area (Å²) in [5.74, 6) is 0.261. The Hall–Kier alpha value is -1.84. The Morgan fingerprint density at radius 3 is 2.37 bits per heavy atom. The molecule has 0 bridgehead atoms. The third-order valence-corrected chi connectivity index (χ3v) is 3.45. The number of hydrogen-bond acceptors (Lipinski definition) is 4. The van der Waals surface area contributed by atoms with E-state index in [-0.39, 0.29) is 24.3 Å². The van der Waals surface area contributed by atoms with Crippen molar-refractivity contribution in [3.63, 3.8) is 0 Å². The number of benzene rings is 1. The van der Waals surface area contributed by atoms with Crippen LogP contribution in [0.2, 0.25) is 0 Å². The second-order valence-corrected chi connectivity index (χ2v) is 4.74. The second-order valence-electron chi connectivity index (χ2n) is 4.74. The van der Waals surface area contributed by atoms with E-state index < -0.39 is 0 Å². The average Bonchev–Trinajstić information content (AvgIpc) is 2.98. The number of methoxy groups -OCH3 is 1. The zero-order valence-corrected chi connectivity index (χ0v) is 11.1. The van der Waals surface area contributed by atoms with E-state index in [0.29, 0.717) is 11.3 Å². The zero-order chi connectivity index (χ0) is 13.7. The van der Waals surface area contributed by atoms with Gasteiger partial charge in [-0.2, -0.15) is 0 Å². The van der Waals surface area contributed by atoms with Gasteiger partial charge in [0.1, 0.15) is 5.75 Å². The SMILES string of the molecule is COc1ccc(C(=O)COC(=O)C2CCCC2)cc1. The van der Waals surface area contributed by atoms with Crippen LogP contribution in [0.3, 0.4) is 0 Å². The summed E-state index contributed by atoms with van der Waals surface area (Å²) in [4.78, 5) is 23.5. The standard InChI is InChI=1S/C15H18O4/c1-18-13-8-6-11(7-9-13)14(16)10-19-15(17)12-4-2-3-5-12/h6-9,12H,2-5,10H2,1H3. The Labute approximate surface area is 112 Å². The predicted molar refractivity (Wildman–Crippen MR) is 70.2 cm³/mol. The lowest BCUT2D eigenvalue weighted by Crippen LogP contribution is -2.19. The summed E-state index contributed by atoms with van der Waals surface area (Å²) in [6.45, 7) is -0.179. The maximum atomic E-state index is 11.8. The fourth-order valence-corrected chi connectivity index (χ4v) is 2.28. The van der Waals surface area contributed by atoms with Crippen LogP contribution < -0.4 is 4.74 Å². The monoisotopic (exact) mass is 262 g/mol. The van der Waals surface area contributed by atoms with Crippen LogP contribution in [0.4, 0.5) is 0 Å². The molecule has 0 N–H and O–H groups in total. The third-order valence-electron chi connectivity index (χ3n) is 3.45. The first-order valence-electron chi connectivity index (χ1n) is 6.54. The van der Waals surface area contributed by atoms with Crippen LogP contribution >= 0.6 is 0 Å². The molecule has 1 saturated carbocycles. The summed E-state index contributed by atoms with van der Waals surface area (Å²) >= 11 is 0. The second kappa shape index (κ2) is 6.36. The lowest BCUT2D eigenvalue weighted by Gasteiger charge is -2.09. The fourth-order valence-electron chi connectivity index (χ4n) is 2.28. The van der Waals surface area contributed by atoms with E-state index in [1.807, 2.05) is 0 Å². The number of rotatable bonds is 5. The van der Waals surface area contributed by atoms with E-state index in [2.05, 4.69) is 0 Å². The number of carbonyl (C=O) groups is 2. The molecule has 102 valence electrons. The molecule has 0 spiro atoms. The van der Waals surface area contributed by atoms with Gasteiger partial charge in [0.25, 0.3) is 0 Å². The smallest absolute Gasteiger partial charge is 0.309 e. The van der Waals surface area contributed by atoms with E-state index in [4.69, 9.17) is 9.47 Å². The van der Waals surface area contributed by atoms with Gasteiger partial charge in [0.05, 0.1) is 13.0 Å². The highest BCUT2D eigenvalue weighted by Gasteiger charge is 2.24. The molecule has 0 aliphatic heterocycles. The Balaban J connectivity index is 1.84. The highest BCUT2D eigenvalue weighted by Crippen LogP contribution is 2.25. The molecular formula is C15H18O4. The summed E-state index contributed by atoms with van der Waals surface area (Å²) in [6, 6.07) is 6.77. The molecule has 19 heavy (non-hydrogen) atoms. The molecule has 0 unspecified atom stereocenters. The average molecular weight is 262 g/mol. The van der Waals surface area contributed by atoms with Gasteiger partial charge in [-0.3, -0.25) is 9.59 Å². The Kier molecular flexibility index (Phi) is 4.55. The molecule has 0 saturated heterocycles. The molecule has 2 rings (SSSR count). The topological polar surface area (TPSA) is 52.6 Å². The van der Waals surface area contributed by atoms with Crippen molar-refractivity contribution in [2.24, 2.45) is 5.92 Å². The highest BCUT2D eigenvalue weighted by molar-refractivity contribution is 5.98. The number of carbonyl (C=O) groups excluding carboxylic acids is 2. The molecule has 1 aromatic rings. The number of esters is 1. The van der Waals surface area contributed by atoms with Crippen molar-refractivity contribution >= 4 is 11.8 Å². The summed E-state index contributed by atoms with van der Waals surface area (Å²) < 4.78 is 10.1. The van der Waals surface area contributed by atoms with Crippen molar-refractivity contribution in [1.82, 2.24) is 0 Å². The minimum atomic E-state index is -0.237. The summed E-state index contributed by atoms with van der Waals surface area (Å²) in [5.41, 5.74) is 0.528. The summed E-state index contributed by atoms with van der Waals surface area (Å²) in [5, 5.41) is 0.